The number of nitrogens with zero attached hydrogens (tertiary/aromatic N) is 1. The Morgan fingerprint density at radius 2 is 2.10 bits per heavy atom. The molecule has 1 aliphatic heterocycles. The summed E-state index contributed by atoms with van der Waals surface area (Å²) in [4.78, 5) is 16.6. The van der Waals surface area contributed by atoms with Gasteiger partial charge in [0.2, 0.25) is 5.91 Å². The van der Waals surface area contributed by atoms with Crippen LogP contribution < -0.4 is 10.1 Å². The van der Waals surface area contributed by atoms with Crippen LogP contribution in [0.2, 0.25) is 0 Å². The number of halogens is 1. The lowest BCUT2D eigenvalue weighted by Gasteiger charge is -2.10. The zero-order chi connectivity index (χ0) is 20.4. The lowest BCUT2D eigenvalue weighted by molar-refractivity contribution is -0.115. The fourth-order valence-electron chi connectivity index (χ4n) is 3.21. The number of hydrogen-bond donors (Lipinski definition) is 1. The molecule has 0 radical (unpaired) electrons. The van der Waals surface area contributed by atoms with Gasteiger partial charge in [-0.05, 0) is 36.3 Å². The van der Waals surface area contributed by atoms with E-state index in [4.69, 9.17) is 9.15 Å². The predicted molar refractivity (Wildman–Crippen MR) is 115 cm³/mol. The van der Waals surface area contributed by atoms with Gasteiger partial charge in [0.1, 0.15) is 17.1 Å². The van der Waals surface area contributed by atoms with E-state index in [1.54, 1.807) is 31.6 Å². The molecule has 0 atom stereocenters. The van der Waals surface area contributed by atoms with Crippen LogP contribution in [0.1, 0.15) is 12.5 Å². The number of hydrogen-bond acceptors (Lipinski definition) is 5. The molecule has 0 saturated carbocycles. The molecule has 1 amide bonds. The summed E-state index contributed by atoms with van der Waals surface area (Å²) in [6.07, 6.45) is 3.17. The number of benzene rings is 2. The van der Waals surface area contributed by atoms with E-state index in [2.05, 4.69) is 10.3 Å². The van der Waals surface area contributed by atoms with Gasteiger partial charge in [-0.3, -0.25) is 9.79 Å². The number of thioether (sulfide) groups is 1. The molecular weight excluding hydrogens is 391 g/mol. The van der Waals surface area contributed by atoms with Crippen molar-refractivity contribution in [3.8, 4) is 16.9 Å². The highest BCUT2D eigenvalue weighted by atomic mass is 32.2. The third-order valence-corrected chi connectivity index (χ3v) is 5.53. The van der Waals surface area contributed by atoms with Crippen molar-refractivity contribution in [2.45, 2.75) is 6.92 Å². The SMILES string of the molecule is COc1cc2occ(-c3ccc(F)cc3)c2cc1/C(C)=C/C(=O)NC1=NCCS1. The summed E-state index contributed by atoms with van der Waals surface area (Å²) in [5.74, 6) is 0.962. The number of nitrogens with one attached hydrogen (secondary N) is 1. The summed E-state index contributed by atoms with van der Waals surface area (Å²) >= 11 is 1.53. The Hall–Kier alpha value is -3.06. The van der Waals surface area contributed by atoms with Crippen molar-refractivity contribution in [3.63, 3.8) is 0 Å². The first kappa shape index (κ1) is 19.3. The standard InChI is InChI=1S/C22H19FN2O3S/c1-13(9-21(26)25-22-24-7-8-29-22)16-10-17-18(14-3-5-15(23)6-4-14)12-28-20(17)11-19(16)27-2/h3-6,9-12H,7-8H2,1-2H3,(H,24,25,26)/b13-9+. The second-order valence-corrected chi connectivity index (χ2v) is 7.64. The number of methoxy groups -OCH3 is 1. The third-order valence-electron chi connectivity index (χ3n) is 4.64. The number of allylic oxidation sites excluding steroid dienone is 1. The lowest BCUT2D eigenvalue weighted by atomic mass is 9.99. The van der Waals surface area contributed by atoms with Crippen molar-refractivity contribution in [2.24, 2.45) is 4.99 Å². The van der Waals surface area contributed by atoms with E-state index >= 15 is 0 Å². The second kappa shape index (κ2) is 8.13. The number of ether oxygens (including phenoxy) is 1. The van der Waals surface area contributed by atoms with Gasteiger partial charge in [-0.2, -0.15) is 0 Å². The van der Waals surface area contributed by atoms with Crippen LogP contribution in [0.15, 0.2) is 58.1 Å². The Balaban J connectivity index is 1.72. The van der Waals surface area contributed by atoms with Crippen molar-refractivity contribution in [1.29, 1.82) is 0 Å². The summed E-state index contributed by atoms with van der Waals surface area (Å²) < 4.78 is 24.5. The number of furan rings is 1. The maximum Gasteiger partial charge on any atom is 0.250 e. The van der Waals surface area contributed by atoms with Crippen LogP contribution in [-0.4, -0.2) is 30.5 Å². The van der Waals surface area contributed by atoms with Gasteiger partial charge >= 0.3 is 0 Å². The largest absolute Gasteiger partial charge is 0.496 e. The van der Waals surface area contributed by atoms with Gasteiger partial charge in [0.25, 0.3) is 0 Å². The summed E-state index contributed by atoms with van der Waals surface area (Å²) in [6, 6.07) is 9.97. The Kier molecular flexibility index (Phi) is 5.40. The van der Waals surface area contributed by atoms with Crippen molar-refractivity contribution in [3.05, 3.63) is 60.1 Å². The second-order valence-electron chi connectivity index (χ2n) is 6.56. The summed E-state index contributed by atoms with van der Waals surface area (Å²) in [5, 5.41) is 4.30. The molecule has 3 aromatic rings. The maximum atomic E-state index is 13.3. The molecule has 0 spiro atoms. The van der Waals surface area contributed by atoms with Crippen LogP contribution in [0.4, 0.5) is 4.39 Å². The van der Waals surface area contributed by atoms with Crippen LogP contribution >= 0.6 is 11.8 Å². The number of carbonyl (C=O) groups is 1. The van der Waals surface area contributed by atoms with Gasteiger partial charge in [-0.1, -0.05) is 23.9 Å². The highest BCUT2D eigenvalue weighted by Gasteiger charge is 2.16. The molecule has 0 aliphatic carbocycles. The van der Waals surface area contributed by atoms with Gasteiger partial charge in [-0.15, -0.1) is 0 Å². The van der Waals surface area contributed by atoms with Crippen LogP contribution in [0.5, 0.6) is 5.75 Å². The molecule has 1 aromatic heterocycles. The number of carbonyl (C=O) groups excluding carboxylic acids is 1. The smallest absolute Gasteiger partial charge is 0.250 e. The molecule has 0 unspecified atom stereocenters. The minimum absolute atomic E-state index is 0.233. The first-order valence-electron chi connectivity index (χ1n) is 9.07. The summed E-state index contributed by atoms with van der Waals surface area (Å²) in [7, 11) is 1.58. The van der Waals surface area contributed by atoms with E-state index in [0.29, 0.717) is 16.5 Å². The van der Waals surface area contributed by atoms with E-state index in [9.17, 15) is 9.18 Å². The zero-order valence-corrected chi connectivity index (χ0v) is 16.8. The molecule has 29 heavy (non-hydrogen) atoms. The minimum atomic E-state index is -0.293. The topological polar surface area (TPSA) is 63.8 Å². The van der Waals surface area contributed by atoms with Crippen molar-refractivity contribution in [1.82, 2.24) is 5.32 Å². The highest BCUT2D eigenvalue weighted by molar-refractivity contribution is 8.14. The number of fused-ring (bicyclic) bond motifs is 1. The molecule has 2 aromatic carbocycles. The molecule has 0 saturated heterocycles. The number of amides is 1. The number of amidine groups is 1. The van der Waals surface area contributed by atoms with Gasteiger partial charge in [0.15, 0.2) is 5.17 Å². The molecule has 7 heteroatoms. The molecule has 1 N–H and O–H groups in total. The summed E-state index contributed by atoms with van der Waals surface area (Å²) in [6.45, 7) is 2.57. The predicted octanol–water partition coefficient (Wildman–Crippen LogP) is 4.87. The average molecular weight is 410 g/mol. The lowest BCUT2D eigenvalue weighted by Crippen LogP contribution is -2.25. The van der Waals surface area contributed by atoms with Crippen LogP contribution in [-0.2, 0) is 4.79 Å². The molecule has 2 heterocycles. The Morgan fingerprint density at radius 3 is 2.79 bits per heavy atom. The van der Waals surface area contributed by atoms with E-state index in [0.717, 1.165) is 39.9 Å². The quantitative estimate of drug-likeness (QED) is 0.624. The van der Waals surface area contributed by atoms with E-state index in [1.165, 1.54) is 30.0 Å². The minimum Gasteiger partial charge on any atom is -0.496 e. The van der Waals surface area contributed by atoms with Crippen molar-refractivity contribution >= 4 is 39.4 Å². The van der Waals surface area contributed by atoms with Gasteiger partial charge < -0.3 is 14.5 Å². The van der Waals surface area contributed by atoms with Crippen LogP contribution in [0.25, 0.3) is 27.7 Å². The zero-order valence-electron chi connectivity index (χ0n) is 16.0. The molecule has 0 fully saturated rings. The fraction of sp³-hybridized carbons (Fsp3) is 0.182. The third kappa shape index (κ3) is 4.05. The van der Waals surface area contributed by atoms with E-state index in [-0.39, 0.29) is 11.7 Å². The summed E-state index contributed by atoms with van der Waals surface area (Å²) in [5.41, 5.74) is 3.87. The highest BCUT2D eigenvalue weighted by Crippen LogP contribution is 2.37. The van der Waals surface area contributed by atoms with Crippen LogP contribution in [0, 0.1) is 5.82 Å². The molecule has 1 aliphatic rings. The van der Waals surface area contributed by atoms with Crippen molar-refractivity contribution < 1.29 is 18.3 Å². The monoisotopic (exact) mass is 410 g/mol. The van der Waals surface area contributed by atoms with Gasteiger partial charge in [-0.25, -0.2) is 4.39 Å². The molecule has 4 rings (SSSR count). The van der Waals surface area contributed by atoms with Gasteiger partial charge in [0, 0.05) is 34.4 Å². The molecule has 5 nitrogen and oxygen atoms in total. The van der Waals surface area contributed by atoms with Crippen molar-refractivity contribution in [2.75, 3.05) is 19.4 Å². The fourth-order valence-corrected chi connectivity index (χ4v) is 3.94. The maximum absolute atomic E-state index is 13.3. The Bertz CT molecular complexity index is 1130. The molecule has 148 valence electrons. The molecular formula is C22H19FN2O3S. The average Bonchev–Trinajstić information content (AvgIpc) is 3.36. The van der Waals surface area contributed by atoms with Crippen LogP contribution in [0.3, 0.4) is 0 Å². The number of aliphatic imine (C=N–C) groups is 1. The number of rotatable bonds is 4. The van der Waals surface area contributed by atoms with E-state index < -0.39 is 0 Å². The normalized spacial score (nSPS) is 14.2. The first-order valence-corrected chi connectivity index (χ1v) is 10.1. The Morgan fingerprint density at radius 1 is 1.31 bits per heavy atom. The van der Waals surface area contributed by atoms with Gasteiger partial charge in [0.05, 0.1) is 19.9 Å². The first-order chi connectivity index (χ1) is 14.0. The Labute approximate surface area is 171 Å². The van der Waals surface area contributed by atoms with E-state index in [1.807, 2.05) is 13.0 Å². The molecule has 0 bridgehead atoms.